The fraction of sp³-hybridized carbons (Fsp3) is 0.136. The van der Waals surface area contributed by atoms with Gasteiger partial charge in [-0.05, 0) is 49.2 Å². The topological polar surface area (TPSA) is 87.0 Å². The van der Waals surface area contributed by atoms with Gasteiger partial charge in [-0.15, -0.1) is 0 Å². The van der Waals surface area contributed by atoms with Gasteiger partial charge in [0.15, 0.2) is 0 Å². The number of rotatable bonds is 5. The van der Waals surface area contributed by atoms with Gasteiger partial charge in [0.1, 0.15) is 17.6 Å². The highest BCUT2D eigenvalue weighted by Gasteiger charge is 2.11. The van der Waals surface area contributed by atoms with Gasteiger partial charge in [0, 0.05) is 30.1 Å². The molecule has 0 fully saturated rings. The molecule has 7 heteroatoms. The predicted molar refractivity (Wildman–Crippen MR) is 107 cm³/mol. The molecule has 3 aromatic rings. The fourth-order valence-electron chi connectivity index (χ4n) is 2.79. The Labute approximate surface area is 168 Å². The Bertz CT molecular complexity index is 1050. The first-order valence-corrected chi connectivity index (χ1v) is 8.90. The first kappa shape index (κ1) is 19.8. The number of carbonyl (C=O) groups is 1. The van der Waals surface area contributed by atoms with Crippen LogP contribution in [-0.4, -0.2) is 11.0 Å². The second-order valence-corrected chi connectivity index (χ2v) is 6.44. The molecule has 0 aliphatic rings. The Balaban J connectivity index is 1.66. The van der Waals surface area contributed by atoms with Crippen LogP contribution in [0.25, 0.3) is 0 Å². The molecule has 0 aliphatic heterocycles. The third-order valence-corrected chi connectivity index (χ3v) is 4.19. The standard InChI is InChI=1S/C22H19FN4O2/c1-14-9-18(27-22(28)26-13-17-5-3-4-6-19(17)23)10-15(2)21(14)29-20-8-7-16(11-24)12-25-20/h3-10,12H,13H2,1-2H3,(H2,26,27,28). The largest absolute Gasteiger partial charge is 0.438 e. The summed E-state index contributed by atoms with van der Waals surface area (Å²) in [6.07, 6.45) is 1.44. The molecule has 0 aliphatic carbocycles. The maximum atomic E-state index is 13.6. The van der Waals surface area contributed by atoms with E-state index in [0.29, 0.717) is 28.4 Å². The third kappa shape index (κ3) is 5.08. The molecule has 2 aromatic carbocycles. The van der Waals surface area contributed by atoms with Crippen molar-refractivity contribution in [2.45, 2.75) is 20.4 Å². The molecule has 3 rings (SSSR count). The first-order valence-electron chi connectivity index (χ1n) is 8.90. The van der Waals surface area contributed by atoms with E-state index in [1.54, 1.807) is 42.5 Å². The van der Waals surface area contributed by atoms with Crippen LogP contribution in [0.15, 0.2) is 54.7 Å². The van der Waals surface area contributed by atoms with Crippen LogP contribution in [0.5, 0.6) is 11.6 Å². The third-order valence-electron chi connectivity index (χ3n) is 4.19. The molecular weight excluding hydrogens is 371 g/mol. The van der Waals surface area contributed by atoms with Gasteiger partial charge >= 0.3 is 6.03 Å². The molecule has 0 saturated carbocycles. The number of anilines is 1. The molecule has 1 heterocycles. The van der Waals surface area contributed by atoms with Gasteiger partial charge in [-0.25, -0.2) is 14.2 Å². The number of urea groups is 1. The Kier molecular flexibility index (Phi) is 6.05. The van der Waals surface area contributed by atoms with Crippen molar-refractivity contribution in [1.82, 2.24) is 10.3 Å². The Morgan fingerprint density at radius 1 is 1.17 bits per heavy atom. The minimum Gasteiger partial charge on any atom is -0.438 e. The molecule has 0 radical (unpaired) electrons. The fourth-order valence-corrected chi connectivity index (χ4v) is 2.79. The van der Waals surface area contributed by atoms with E-state index in [-0.39, 0.29) is 12.4 Å². The number of ether oxygens (including phenoxy) is 1. The molecule has 29 heavy (non-hydrogen) atoms. The average molecular weight is 390 g/mol. The summed E-state index contributed by atoms with van der Waals surface area (Å²) in [6, 6.07) is 14.6. The molecule has 2 N–H and O–H groups in total. The van der Waals surface area contributed by atoms with Crippen LogP contribution in [0.2, 0.25) is 0 Å². The van der Waals surface area contributed by atoms with Gasteiger partial charge in [0.05, 0.1) is 5.56 Å². The smallest absolute Gasteiger partial charge is 0.319 e. The number of nitrogens with one attached hydrogen (secondary N) is 2. The van der Waals surface area contributed by atoms with Crippen LogP contribution >= 0.6 is 0 Å². The Morgan fingerprint density at radius 2 is 1.90 bits per heavy atom. The van der Waals surface area contributed by atoms with Gasteiger partial charge in [0.25, 0.3) is 0 Å². The summed E-state index contributed by atoms with van der Waals surface area (Å²) in [5.41, 5.74) is 3.06. The summed E-state index contributed by atoms with van der Waals surface area (Å²) in [6.45, 7) is 3.80. The van der Waals surface area contributed by atoms with Crippen LogP contribution in [0.3, 0.4) is 0 Å². The van der Waals surface area contributed by atoms with Crippen molar-refractivity contribution in [3.8, 4) is 17.7 Å². The highest BCUT2D eigenvalue weighted by atomic mass is 19.1. The minimum absolute atomic E-state index is 0.0853. The number of benzene rings is 2. The number of nitrogens with zero attached hydrogens (tertiary/aromatic N) is 2. The van der Waals surface area contributed by atoms with Crippen molar-refractivity contribution >= 4 is 11.7 Å². The van der Waals surface area contributed by atoms with E-state index in [9.17, 15) is 9.18 Å². The lowest BCUT2D eigenvalue weighted by Gasteiger charge is -2.14. The monoisotopic (exact) mass is 390 g/mol. The minimum atomic E-state index is -0.436. The number of hydrogen-bond donors (Lipinski definition) is 2. The van der Waals surface area contributed by atoms with Crippen LogP contribution < -0.4 is 15.4 Å². The predicted octanol–water partition coefficient (Wildman–Crippen LogP) is 4.82. The normalized spacial score (nSPS) is 10.1. The van der Waals surface area contributed by atoms with E-state index in [4.69, 9.17) is 10.00 Å². The van der Waals surface area contributed by atoms with Crippen LogP contribution in [-0.2, 0) is 6.54 Å². The number of hydrogen-bond acceptors (Lipinski definition) is 4. The van der Waals surface area contributed by atoms with Crippen molar-refractivity contribution in [1.29, 1.82) is 5.26 Å². The van der Waals surface area contributed by atoms with Crippen LogP contribution in [0.4, 0.5) is 14.9 Å². The maximum absolute atomic E-state index is 13.6. The summed E-state index contributed by atoms with van der Waals surface area (Å²) in [4.78, 5) is 16.2. The van der Waals surface area contributed by atoms with Crippen molar-refractivity contribution in [2.75, 3.05) is 5.32 Å². The van der Waals surface area contributed by atoms with Gasteiger partial charge in [-0.3, -0.25) is 0 Å². The number of amides is 2. The second-order valence-electron chi connectivity index (χ2n) is 6.44. The molecular formula is C22H19FN4O2. The van der Waals surface area contributed by atoms with Gasteiger partial charge < -0.3 is 15.4 Å². The Morgan fingerprint density at radius 3 is 2.52 bits per heavy atom. The summed E-state index contributed by atoms with van der Waals surface area (Å²) >= 11 is 0. The SMILES string of the molecule is Cc1cc(NC(=O)NCc2ccccc2F)cc(C)c1Oc1ccc(C#N)cn1. The molecule has 1 aromatic heterocycles. The molecule has 2 amide bonds. The van der Waals surface area contributed by atoms with Crippen LogP contribution in [0, 0.1) is 31.0 Å². The van der Waals surface area contributed by atoms with Gasteiger partial charge in [0.2, 0.25) is 5.88 Å². The second kappa shape index (κ2) is 8.85. The number of aryl methyl sites for hydroxylation is 2. The van der Waals surface area contributed by atoms with Gasteiger partial charge in [-0.2, -0.15) is 5.26 Å². The van der Waals surface area contributed by atoms with E-state index in [1.165, 1.54) is 12.3 Å². The highest BCUT2D eigenvalue weighted by molar-refractivity contribution is 5.89. The van der Waals surface area contributed by atoms with Crippen LogP contribution in [0.1, 0.15) is 22.3 Å². The first-order chi connectivity index (χ1) is 14.0. The van der Waals surface area contributed by atoms with E-state index in [2.05, 4.69) is 15.6 Å². The molecule has 0 spiro atoms. The summed E-state index contributed by atoms with van der Waals surface area (Å²) in [5, 5.41) is 14.2. The Hall–Kier alpha value is -3.92. The summed E-state index contributed by atoms with van der Waals surface area (Å²) in [7, 11) is 0. The number of aromatic nitrogens is 1. The van der Waals surface area contributed by atoms with E-state index in [0.717, 1.165) is 11.1 Å². The van der Waals surface area contributed by atoms with Gasteiger partial charge in [-0.1, -0.05) is 18.2 Å². The van der Waals surface area contributed by atoms with Crippen molar-refractivity contribution in [2.24, 2.45) is 0 Å². The maximum Gasteiger partial charge on any atom is 0.319 e. The van der Waals surface area contributed by atoms with Crippen molar-refractivity contribution in [3.05, 3.63) is 82.8 Å². The zero-order valence-electron chi connectivity index (χ0n) is 16.0. The van der Waals surface area contributed by atoms with Crippen molar-refractivity contribution in [3.63, 3.8) is 0 Å². The summed E-state index contributed by atoms with van der Waals surface area (Å²) < 4.78 is 19.5. The van der Waals surface area contributed by atoms with E-state index >= 15 is 0 Å². The highest BCUT2D eigenvalue weighted by Crippen LogP contribution is 2.30. The number of halogens is 1. The van der Waals surface area contributed by atoms with Crippen molar-refractivity contribution < 1.29 is 13.9 Å². The number of pyridine rings is 1. The molecule has 0 unspecified atom stereocenters. The molecule has 6 nitrogen and oxygen atoms in total. The summed E-state index contributed by atoms with van der Waals surface area (Å²) in [5.74, 6) is 0.635. The molecule has 0 saturated heterocycles. The quantitative estimate of drug-likeness (QED) is 0.654. The molecule has 146 valence electrons. The number of nitriles is 1. The van der Waals surface area contributed by atoms with E-state index in [1.807, 2.05) is 19.9 Å². The molecule has 0 atom stereocenters. The van der Waals surface area contributed by atoms with E-state index < -0.39 is 6.03 Å². The lowest BCUT2D eigenvalue weighted by atomic mass is 10.1. The molecule has 0 bridgehead atoms. The lowest BCUT2D eigenvalue weighted by molar-refractivity contribution is 0.251. The zero-order chi connectivity index (χ0) is 20.8. The number of carbonyl (C=O) groups excluding carboxylic acids is 1. The zero-order valence-corrected chi connectivity index (χ0v) is 16.0. The lowest BCUT2D eigenvalue weighted by Crippen LogP contribution is -2.28. The average Bonchev–Trinajstić information content (AvgIpc) is 2.70.